The molecule has 2 aromatic carbocycles. The zero-order chi connectivity index (χ0) is 22.0. The first kappa shape index (κ1) is 24.0. The number of Topliss-reactive ketones (excluding diaryl/α,β-unsaturated/α-hetero) is 1. The highest BCUT2D eigenvalue weighted by molar-refractivity contribution is 6.99. The maximum atomic E-state index is 12.0. The van der Waals surface area contributed by atoms with Gasteiger partial charge in [0, 0.05) is 13.0 Å². The van der Waals surface area contributed by atoms with Crippen LogP contribution in [0.15, 0.2) is 60.7 Å². The van der Waals surface area contributed by atoms with Crippen LogP contribution in [0.25, 0.3) is 0 Å². The third-order valence-electron chi connectivity index (χ3n) is 5.23. The molecule has 0 saturated heterocycles. The summed E-state index contributed by atoms with van der Waals surface area (Å²) >= 11 is 0. The molecule has 0 aromatic heterocycles. The van der Waals surface area contributed by atoms with E-state index < -0.39 is 14.3 Å². The fourth-order valence-electron chi connectivity index (χ4n) is 3.87. The van der Waals surface area contributed by atoms with Gasteiger partial charge in [-0.1, -0.05) is 81.4 Å². The van der Waals surface area contributed by atoms with Crippen LogP contribution in [0.1, 0.15) is 53.4 Å². The molecule has 5 heteroatoms. The number of ether oxygens (including phenoxy) is 1. The van der Waals surface area contributed by atoms with Crippen molar-refractivity contribution >= 4 is 30.4 Å². The summed E-state index contributed by atoms with van der Waals surface area (Å²) in [6.07, 6.45) is 1.72. The van der Waals surface area contributed by atoms with E-state index in [9.17, 15) is 9.59 Å². The number of esters is 1. The molecule has 0 atom stereocenters. The number of hydrogen-bond donors (Lipinski definition) is 0. The van der Waals surface area contributed by atoms with E-state index in [-0.39, 0.29) is 17.2 Å². The van der Waals surface area contributed by atoms with Crippen LogP contribution in [0.4, 0.5) is 0 Å². The number of carbonyl (C=O) groups is 2. The molecule has 0 fully saturated rings. The van der Waals surface area contributed by atoms with Gasteiger partial charge in [-0.3, -0.25) is 9.59 Å². The summed E-state index contributed by atoms with van der Waals surface area (Å²) in [6, 6.07) is 21.1. The zero-order valence-corrected chi connectivity index (χ0v) is 19.6. The maximum absolute atomic E-state index is 12.0. The Bertz CT molecular complexity index is 757. The number of unbranched alkanes of at least 4 members (excludes halogenated alkanes) is 1. The second-order valence-corrected chi connectivity index (χ2v) is 12.8. The Kier molecular flexibility index (Phi) is 9.00. The highest BCUT2D eigenvalue weighted by Gasteiger charge is 2.49. The Morgan fingerprint density at radius 2 is 1.40 bits per heavy atom. The van der Waals surface area contributed by atoms with Gasteiger partial charge in [-0.2, -0.15) is 0 Å². The van der Waals surface area contributed by atoms with Crippen molar-refractivity contribution in [3.05, 3.63) is 60.7 Å². The Hall–Kier alpha value is -2.24. The van der Waals surface area contributed by atoms with Gasteiger partial charge in [0.15, 0.2) is 0 Å². The molecule has 0 spiro atoms. The highest BCUT2D eigenvalue weighted by atomic mass is 28.4. The first-order chi connectivity index (χ1) is 14.3. The van der Waals surface area contributed by atoms with E-state index in [1.54, 1.807) is 6.92 Å². The molecule has 0 radical (unpaired) electrons. The molecule has 4 nitrogen and oxygen atoms in total. The summed E-state index contributed by atoms with van der Waals surface area (Å²) in [7, 11) is -2.52. The summed E-state index contributed by atoms with van der Waals surface area (Å²) in [5.74, 6) is -0.509. The Morgan fingerprint density at radius 3 is 1.87 bits per heavy atom. The lowest BCUT2D eigenvalue weighted by Crippen LogP contribution is -2.66. The Balaban J connectivity index is 2.10. The third kappa shape index (κ3) is 6.13. The van der Waals surface area contributed by atoms with Crippen molar-refractivity contribution in [2.45, 2.75) is 58.4 Å². The van der Waals surface area contributed by atoms with Gasteiger partial charge >= 0.3 is 5.97 Å². The molecular weight excluding hydrogens is 392 g/mol. The lowest BCUT2D eigenvalue weighted by atomic mass is 10.1. The molecule has 2 aromatic rings. The molecule has 0 unspecified atom stereocenters. The van der Waals surface area contributed by atoms with Crippen molar-refractivity contribution < 1.29 is 18.8 Å². The highest BCUT2D eigenvalue weighted by Crippen LogP contribution is 2.36. The topological polar surface area (TPSA) is 52.6 Å². The van der Waals surface area contributed by atoms with Gasteiger partial charge in [0.1, 0.15) is 12.2 Å². The van der Waals surface area contributed by atoms with Crippen molar-refractivity contribution in [3.63, 3.8) is 0 Å². The van der Waals surface area contributed by atoms with Crippen molar-refractivity contribution in [2.24, 2.45) is 0 Å². The third-order valence-corrected chi connectivity index (χ3v) is 10.3. The SMILES string of the molecule is CCOC(=O)CC(=O)CCCCO[Si](c1ccccc1)(c1ccccc1)C(C)(C)C. The Labute approximate surface area is 181 Å². The fraction of sp³-hybridized carbons (Fsp3) is 0.440. The molecule has 162 valence electrons. The lowest BCUT2D eigenvalue weighted by molar-refractivity contribution is -0.145. The van der Waals surface area contributed by atoms with Crippen LogP contribution in [-0.4, -0.2) is 33.3 Å². The van der Waals surface area contributed by atoms with E-state index >= 15 is 0 Å². The zero-order valence-electron chi connectivity index (χ0n) is 18.6. The van der Waals surface area contributed by atoms with Gasteiger partial charge in [0.25, 0.3) is 8.32 Å². The summed E-state index contributed by atoms with van der Waals surface area (Å²) < 4.78 is 11.6. The van der Waals surface area contributed by atoms with Crippen LogP contribution >= 0.6 is 0 Å². The average molecular weight is 427 g/mol. The minimum atomic E-state index is -2.52. The van der Waals surface area contributed by atoms with Crippen LogP contribution in [0.2, 0.25) is 5.04 Å². The van der Waals surface area contributed by atoms with Crippen molar-refractivity contribution in [1.29, 1.82) is 0 Å². The van der Waals surface area contributed by atoms with Crippen LogP contribution in [0, 0.1) is 0 Å². The smallest absolute Gasteiger partial charge is 0.313 e. The minimum Gasteiger partial charge on any atom is -0.466 e. The van der Waals surface area contributed by atoms with E-state index in [0.717, 1.165) is 6.42 Å². The van der Waals surface area contributed by atoms with E-state index in [1.807, 2.05) is 12.1 Å². The Morgan fingerprint density at radius 1 is 0.867 bits per heavy atom. The predicted molar refractivity (Wildman–Crippen MR) is 124 cm³/mol. The molecule has 0 heterocycles. The second kappa shape index (κ2) is 11.2. The van der Waals surface area contributed by atoms with Crippen molar-refractivity contribution in [1.82, 2.24) is 0 Å². The largest absolute Gasteiger partial charge is 0.466 e. The minimum absolute atomic E-state index is 0.0601. The number of carbonyl (C=O) groups excluding carboxylic acids is 2. The molecule has 0 aliphatic carbocycles. The molecule has 0 aliphatic heterocycles. The number of benzene rings is 2. The van der Waals surface area contributed by atoms with Crippen molar-refractivity contribution in [3.8, 4) is 0 Å². The lowest BCUT2D eigenvalue weighted by Gasteiger charge is -2.43. The number of ketones is 1. The molecular formula is C25H34O4Si. The summed E-state index contributed by atoms with van der Waals surface area (Å²) in [4.78, 5) is 23.4. The standard InChI is InChI=1S/C25H34O4Si/c1-5-28-24(27)20-21(26)14-12-13-19-29-30(25(2,3)4,22-15-8-6-9-16-22)23-17-10-7-11-18-23/h6-11,15-18H,5,12-14,19-20H2,1-4H3. The van der Waals surface area contributed by atoms with Gasteiger partial charge in [0.2, 0.25) is 0 Å². The van der Waals surface area contributed by atoms with Crippen LogP contribution < -0.4 is 10.4 Å². The summed E-state index contributed by atoms with van der Waals surface area (Å²) in [5.41, 5.74) is 0. The predicted octanol–water partition coefficient (Wildman–Crippen LogP) is 4.26. The number of hydrogen-bond acceptors (Lipinski definition) is 4. The van der Waals surface area contributed by atoms with E-state index in [4.69, 9.17) is 9.16 Å². The monoisotopic (exact) mass is 426 g/mol. The molecule has 30 heavy (non-hydrogen) atoms. The molecule has 2 rings (SSSR count). The van der Waals surface area contributed by atoms with E-state index in [2.05, 4.69) is 69.3 Å². The van der Waals surface area contributed by atoms with E-state index in [0.29, 0.717) is 26.1 Å². The van der Waals surface area contributed by atoms with Gasteiger partial charge in [-0.05, 0) is 35.2 Å². The van der Waals surface area contributed by atoms with Crippen LogP contribution in [0.5, 0.6) is 0 Å². The van der Waals surface area contributed by atoms with Crippen LogP contribution in [0.3, 0.4) is 0 Å². The first-order valence-electron chi connectivity index (χ1n) is 10.7. The fourth-order valence-corrected chi connectivity index (χ4v) is 8.48. The van der Waals surface area contributed by atoms with Gasteiger partial charge in [0.05, 0.1) is 6.61 Å². The van der Waals surface area contributed by atoms with Gasteiger partial charge in [-0.15, -0.1) is 0 Å². The summed E-state index contributed by atoms with van der Waals surface area (Å²) in [5, 5.41) is 2.44. The maximum Gasteiger partial charge on any atom is 0.313 e. The number of rotatable bonds is 11. The normalized spacial score (nSPS) is 11.9. The van der Waals surface area contributed by atoms with Crippen LogP contribution in [-0.2, 0) is 18.8 Å². The molecule has 0 saturated carbocycles. The average Bonchev–Trinajstić information content (AvgIpc) is 2.71. The van der Waals surface area contributed by atoms with Crippen molar-refractivity contribution in [2.75, 3.05) is 13.2 Å². The molecule has 0 N–H and O–H groups in total. The first-order valence-corrected chi connectivity index (χ1v) is 12.6. The quantitative estimate of drug-likeness (QED) is 0.233. The van der Waals surface area contributed by atoms with E-state index in [1.165, 1.54) is 10.4 Å². The second-order valence-electron chi connectivity index (χ2n) is 8.49. The van der Waals surface area contributed by atoms with Gasteiger partial charge in [-0.25, -0.2) is 0 Å². The molecule has 0 amide bonds. The summed E-state index contributed by atoms with van der Waals surface area (Å²) in [6.45, 7) is 9.38. The molecule has 0 bridgehead atoms. The molecule has 0 aliphatic rings. The van der Waals surface area contributed by atoms with Gasteiger partial charge < -0.3 is 9.16 Å².